The van der Waals surface area contributed by atoms with Crippen molar-refractivity contribution in [1.29, 1.82) is 0 Å². The van der Waals surface area contributed by atoms with Gasteiger partial charge in [0.05, 0.1) is 0 Å². The lowest BCUT2D eigenvalue weighted by atomic mass is 9.80. The third kappa shape index (κ3) is 10.9. The average molecular weight is 819 g/mol. The molecule has 320 valence electrons. The van der Waals surface area contributed by atoms with Crippen molar-refractivity contribution in [3.05, 3.63) is 88.0 Å². The van der Waals surface area contributed by atoms with Gasteiger partial charge >= 0.3 is 7.82 Å². The highest BCUT2D eigenvalue weighted by Crippen LogP contribution is 2.54. The molecule has 0 atom stereocenters. The molecule has 6 aliphatic carbocycles. The van der Waals surface area contributed by atoms with Gasteiger partial charge in [-0.05, 0) is 182 Å². The second-order valence-corrected chi connectivity index (χ2v) is 21.7. The van der Waals surface area contributed by atoms with Gasteiger partial charge in [0, 0.05) is 0 Å². The summed E-state index contributed by atoms with van der Waals surface area (Å²) in [5.74, 6) is 5.09. The average Bonchev–Trinajstić information content (AvgIpc) is 3.30. The van der Waals surface area contributed by atoms with E-state index in [-0.39, 0.29) is 0 Å². The maximum atomic E-state index is 16.0. The zero-order chi connectivity index (χ0) is 39.9. The molecule has 3 aromatic rings. The summed E-state index contributed by atoms with van der Waals surface area (Å²) < 4.78 is 36.8. The van der Waals surface area contributed by atoms with E-state index >= 15 is 4.57 Å². The molecule has 3 aromatic carbocycles. The largest absolute Gasteiger partial charge is 0.647 e. The van der Waals surface area contributed by atoms with E-state index in [1.807, 2.05) is 0 Å². The van der Waals surface area contributed by atoms with Gasteiger partial charge in [0.1, 0.15) is 17.2 Å². The molecule has 9 rings (SSSR count). The van der Waals surface area contributed by atoms with Gasteiger partial charge in [-0.15, -0.1) is 0 Å². The molecule has 0 aromatic heterocycles. The molecule has 0 unspecified atom stereocenters. The minimum absolute atomic E-state index is 0.520. The molecule has 0 N–H and O–H groups in total. The van der Waals surface area contributed by atoms with Crippen molar-refractivity contribution in [2.24, 2.45) is 0 Å². The molecule has 0 saturated heterocycles. The first-order valence-corrected chi connectivity index (χ1v) is 26.6. The molecule has 0 amide bonds. The monoisotopic (exact) mass is 819 g/mol. The lowest BCUT2D eigenvalue weighted by Crippen LogP contribution is -2.13. The fourth-order valence-electron chi connectivity index (χ4n) is 12.6. The quantitative estimate of drug-likeness (QED) is 0.171. The van der Waals surface area contributed by atoms with Gasteiger partial charge < -0.3 is 13.6 Å². The maximum Gasteiger partial charge on any atom is 0.647 e. The number of hydrogen-bond acceptors (Lipinski definition) is 4. The van der Waals surface area contributed by atoms with Crippen LogP contribution in [0.15, 0.2) is 54.6 Å². The molecular weight excluding hydrogens is 744 g/mol. The van der Waals surface area contributed by atoms with Crippen LogP contribution < -0.4 is 13.6 Å². The fraction of sp³-hybridized carbons (Fsp3) is 0.667. The van der Waals surface area contributed by atoms with Gasteiger partial charge in [-0.3, -0.25) is 0 Å². The van der Waals surface area contributed by atoms with Gasteiger partial charge in [-0.2, -0.15) is 4.57 Å². The van der Waals surface area contributed by atoms with Crippen molar-refractivity contribution in [2.75, 3.05) is 0 Å². The lowest BCUT2D eigenvalue weighted by molar-refractivity contribution is 0.296. The number of hydrogen-bond donors (Lipinski definition) is 0. The van der Waals surface area contributed by atoms with Crippen molar-refractivity contribution in [3.63, 3.8) is 0 Å². The topological polar surface area (TPSA) is 44.8 Å². The maximum absolute atomic E-state index is 16.0. The Hall–Kier alpha value is -2.71. The van der Waals surface area contributed by atoms with Crippen LogP contribution in [0.2, 0.25) is 0 Å². The SMILES string of the molecule is O=P(Oc1cc(C2CCCCC2)cc(C2CCCCC2)c1)(Oc1cc(C2CCCCC2)cc(C2CCCCC2)c1)Oc1cc(C2CCCCC2)cc(C2CCCCC2)c1. The van der Waals surface area contributed by atoms with E-state index in [1.54, 1.807) is 0 Å². The second-order valence-electron chi connectivity index (χ2n) is 20.2. The van der Waals surface area contributed by atoms with Crippen LogP contribution in [0, 0.1) is 0 Å². The first kappa shape index (κ1) is 41.6. The van der Waals surface area contributed by atoms with E-state index < -0.39 is 7.82 Å². The Labute approximate surface area is 358 Å². The third-order valence-electron chi connectivity index (χ3n) is 16.0. The highest BCUT2D eigenvalue weighted by molar-refractivity contribution is 7.49. The van der Waals surface area contributed by atoms with Crippen molar-refractivity contribution >= 4 is 7.82 Å². The summed E-state index contributed by atoms with van der Waals surface area (Å²) in [6.07, 6.45) is 37.9. The van der Waals surface area contributed by atoms with Crippen LogP contribution in [0.25, 0.3) is 0 Å². The highest BCUT2D eigenvalue weighted by Gasteiger charge is 2.36. The van der Waals surface area contributed by atoms with Crippen molar-refractivity contribution < 1.29 is 18.1 Å². The number of rotatable bonds is 12. The van der Waals surface area contributed by atoms with Crippen LogP contribution in [-0.2, 0) is 4.57 Å². The normalized spacial score (nSPS) is 22.9. The van der Waals surface area contributed by atoms with E-state index in [0.29, 0.717) is 52.8 Å². The van der Waals surface area contributed by atoms with E-state index in [9.17, 15) is 0 Å². The summed E-state index contributed by atoms with van der Waals surface area (Å²) in [6.45, 7) is 0. The molecular formula is C54H75O4P. The van der Waals surface area contributed by atoms with Crippen molar-refractivity contribution in [2.45, 2.75) is 228 Å². The van der Waals surface area contributed by atoms with Gasteiger partial charge in [0.15, 0.2) is 0 Å². The van der Waals surface area contributed by atoms with E-state index in [4.69, 9.17) is 13.6 Å². The molecule has 0 radical (unpaired) electrons. The highest BCUT2D eigenvalue weighted by atomic mass is 31.2. The van der Waals surface area contributed by atoms with Crippen LogP contribution in [0.1, 0.15) is 262 Å². The summed E-state index contributed by atoms with van der Waals surface area (Å²) in [6, 6.07) is 20.7. The minimum atomic E-state index is -4.24. The van der Waals surface area contributed by atoms with Crippen LogP contribution >= 0.6 is 7.82 Å². The molecule has 59 heavy (non-hydrogen) atoms. The Balaban J connectivity index is 1.12. The predicted molar refractivity (Wildman–Crippen MR) is 244 cm³/mol. The Morgan fingerprint density at radius 1 is 0.271 bits per heavy atom. The van der Waals surface area contributed by atoms with Gasteiger partial charge in [0.2, 0.25) is 0 Å². The van der Waals surface area contributed by atoms with E-state index in [2.05, 4.69) is 54.6 Å². The first-order valence-electron chi connectivity index (χ1n) is 25.2. The fourth-order valence-corrected chi connectivity index (χ4v) is 13.8. The Morgan fingerprint density at radius 3 is 0.610 bits per heavy atom. The third-order valence-corrected chi connectivity index (χ3v) is 17.3. The summed E-state index contributed by atoms with van der Waals surface area (Å²) >= 11 is 0. The van der Waals surface area contributed by atoms with Crippen LogP contribution in [0.3, 0.4) is 0 Å². The van der Waals surface area contributed by atoms with Crippen molar-refractivity contribution in [3.8, 4) is 17.2 Å². The van der Waals surface area contributed by atoms with E-state index in [1.165, 1.54) is 226 Å². The van der Waals surface area contributed by atoms with Gasteiger partial charge in [-0.1, -0.05) is 134 Å². The molecule has 0 aliphatic heterocycles. The second kappa shape index (κ2) is 20.0. The number of benzene rings is 3. The Morgan fingerprint density at radius 2 is 0.441 bits per heavy atom. The smallest absolute Gasteiger partial charge is 0.386 e. The molecule has 6 fully saturated rings. The number of phosphoric acid groups is 1. The zero-order valence-electron chi connectivity index (χ0n) is 36.5. The van der Waals surface area contributed by atoms with Gasteiger partial charge in [-0.25, -0.2) is 0 Å². The van der Waals surface area contributed by atoms with Crippen molar-refractivity contribution in [1.82, 2.24) is 0 Å². The Bertz CT molecular complexity index is 1530. The number of phosphoric ester groups is 1. The molecule has 4 nitrogen and oxygen atoms in total. The molecule has 6 saturated carbocycles. The first-order chi connectivity index (χ1) is 29.0. The standard InChI is InChI=1S/C54H75O4P/c55-59(56-52-34-46(40-19-7-1-8-20-40)31-47(35-52)41-21-9-2-10-22-41,57-53-36-48(42-23-11-3-12-24-42)32-49(37-53)43-25-13-4-14-26-43)58-54-38-50(44-27-15-5-16-28-44)33-51(39-54)45-29-17-6-18-30-45/h31-45H,1-30H2. The zero-order valence-corrected chi connectivity index (χ0v) is 37.3. The minimum Gasteiger partial charge on any atom is -0.386 e. The molecule has 0 bridgehead atoms. The Kier molecular flexibility index (Phi) is 14.1. The summed E-state index contributed by atoms with van der Waals surface area (Å²) in [4.78, 5) is 0. The molecule has 5 heteroatoms. The molecule has 0 heterocycles. The van der Waals surface area contributed by atoms with Crippen LogP contribution in [0.5, 0.6) is 17.2 Å². The molecule has 6 aliphatic rings. The van der Waals surface area contributed by atoms with Crippen LogP contribution in [-0.4, -0.2) is 0 Å². The molecule has 0 spiro atoms. The van der Waals surface area contributed by atoms with Gasteiger partial charge in [0.25, 0.3) is 0 Å². The summed E-state index contributed by atoms with van der Waals surface area (Å²) in [5, 5.41) is 0. The summed E-state index contributed by atoms with van der Waals surface area (Å²) in [7, 11) is -4.24. The van der Waals surface area contributed by atoms with E-state index in [0.717, 1.165) is 0 Å². The van der Waals surface area contributed by atoms with Crippen LogP contribution in [0.4, 0.5) is 0 Å². The lowest BCUT2D eigenvalue weighted by Gasteiger charge is -2.29. The predicted octanol–water partition coefficient (Wildman–Crippen LogP) is 17.6. The summed E-state index contributed by atoms with van der Waals surface area (Å²) in [5.41, 5.74) is 8.12.